The predicted octanol–water partition coefficient (Wildman–Crippen LogP) is 2.99. The Balaban J connectivity index is 1.76. The maximum Gasteiger partial charge on any atom is 0.272 e. The zero-order valence-electron chi connectivity index (χ0n) is 16.3. The number of aliphatic hydroxyl groups is 1. The standard InChI is InChI=1S/C21H25N5O2/c1-14-11-26(19-16(14)7-6-10-23-19)21(8-4-5-9-21)13-25-12-17(27)15(2)18(24-25)20(28)22-3/h6-7,10-12,27H,2,4-5,8-9,13H2,1,3H3,(H,22,28). The molecule has 7 heteroatoms. The highest BCUT2D eigenvalue weighted by atomic mass is 16.3. The lowest BCUT2D eigenvalue weighted by Gasteiger charge is -2.36. The zero-order valence-corrected chi connectivity index (χ0v) is 16.3. The average molecular weight is 379 g/mol. The SMILES string of the molecule is C=C1C(O)=CN(CC2(n3cc(C)c4cccnc43)CCCC2)N=C1C(=O)NC. The number of allylic oxidation sites excluding steroid dienone is 1. The van der Waals surface area contributed by atoms with Gasteiger partial charge in [0.25, 0.3) is 5.91 Å². The minimum absolute atomic E-state index is 0.0339. The Hall–Kier alpha value is -3.09. The van der Waals surface area contributed by atoms with Gasteiger partial charge in [0.2, 0.25) is 0 Å². The number of nitrogens with zero attached hydrogens (tertiary/aromatic N) is 4. The van der Waals surface area contributed by atoms with Gasteiger partial charge in [-0.15, -0.1) is 0 Å². The summed E-state index contributed by atoms with van der Waals surface area (Å²) >= 11 is 0. The van der Waals surface area contributed by atoms with E-state index in [9.17, 15) is 9.90 Å². The van der Waals surface area contributed by atoms with Crippen LogP contribution in [0.4, 0.5) is 0 Å². The molecule has 4 rings (SSSR count). The van der Waals surface area contributed by atoms with Crippen LogP contribution in [0.3, 0.4) is 0 Å². The molecule has 1 fully saturated rings. The number of hydrogen-bond acceptors (Lipinski definition) is 5. The van der Waals surface area contributed by atoms with Crippen LogP contribution in [0.2, 0.25) is 0 Å². The van der Waals surface area contributed by atoms with Gasteiger partial charge in [0.15, 0.2) is 5.71 Å². The van der Waals surface area contributed by atoms with Gasteiger partial charge in [-0.05, 0) is 37.5 Å². The Bertz CT molecular complexity index is 1010. The highest BCUT2D eigenvalue weighted by Crippen LogP contribution is 2.40. The highest BCUT2D eigenvalue weighted by Gasteiger charge is 2.39. The Kier molecular flexibility index (Phi) is 4.45. The summed E-state index contributed by atoms with van der Waals surface area (Å²) in [5.41, 5.74) is 2.33. The van der Waals surface area contributed by atoms with Crippen LogP contribution in [-0.2, 0) is 10.3 Å². The number of carbonyl (C=O) groups is 1. The number of hydrogen-bond donors (Lipinski definition) is 2. The van der Waals surface area contributed by atoms with E-state index in [1.807, 2.05) is 12.3 Å². The lowest BCUT2D eigenvalue weighted by atomic mass is 9.96. The molecule has 28 heavy (non-hydrogen) atoms. The van der Waals surface area contributed by atoms with Gasteiger partial charge in [-0.1, -0.05) is 19.4 Å². The molecule has 0 bridgehead atoms. The van der Waals surface area contributed by atoms with E-state index in [1.165, 1.54) is 12.6 Å². The van der Waals surface area contributed by atoms with Crippen molar-refractivity contribution in [2.24, 2.45) is 5.10 Å². The summed E-state index contributed by atoms with van der Waals surface area (Å²) in [6, 6.07) is 4.05. The molecule has 3 heterocycles. The van der Waals surface area contributed by atoms with Gasteiger partial charge in [0.05, 0.1) is 18.3 Å². The van der Waals surface area contributed by atoms with Gasteiger partial charge in [0, 0.05) is 30.4 Å². The van der Waals surface area contributed by atoms with E-state index in [4.69, 9.17) is 0 Å². The smallest absolute Gasteiger partial charge is 0.272 e. The number of carbonyl (C=O) groups excluding carboxylic acids is 1. The Morgan fingerprint density at radius 1 is 1.39 bits per heavy atom. The molecule has 1 amide bonds. The summed E-state index contributed by atoms with van der Waals surface area (Å²) in [7, 11) is 1.54. The number of amides is 1. The minimum atomic E-state index is -0.362. The molecule has 2 aromatic rings. The van der Waals surface area contributed by atoms with E-state index >= 15 is 0 Å². The van der Waals surface area contributed by atoms with Crippen LogP contribution < -0.4 is 5.32 Å². The molecular weight excluding hydrogens is 354 g/mol. The van der Waals surface area contributed by atoms with E-state index in [2.05, 4.69) is 45.7 Å². The van der Waals surface area contributed by atoms with Crippen molar-refractivity contribution in [2.45, 2.75) is 38.1 Å². The third-order valence-electron chi connectivity index (χ3n) is 5.80. The second kappa shape index (κ2) is 6.82. The number of hydrazone groups is 1. The predicted molar refractivity (Wildman–Crippen MR) is 109 cm³/mol. The topological polar surface area (TPSA) is 82.8 Å². The largest absolute Gasteiger partial charge is 0.506 e. The summed E-state index contributed by atoms with van der Waals surface area (Å²) in [6.07, 6.45) is 9.76. The second-order valence-corrected chi connectivity index (χ2v) is 7.61. The van der Waals surface area contributed by atoms with Gasteiger partial charge in [-0.3, -0.25) is 9.80 Å². The Morgan fingerprint density at radius 2 is 2.14 bits per heavy atom. The second-order valence-electron chi connectivity index (χ2n) is 7.61. The van der Waals surface area contributed by atoms with Crippen LogP contribution in [0.25, 0.3) is 11.0 Å². The van der Waals surface area contributed by atoms with Crippen LogP contribution in [0.15, 0.2) is 53.7 Å². The maximum atomic E-state index is 12.2. The van der Waals surface area contributed by atoms with E-state index in [-0.39, 0.29) is 28.5 Å². The lowest BCUT2D eigenvalue weighted by Crippen LogP contribution is -2.42. The number of aromatic nitrogens is 2. The zero-order chi connectivity index (χ0) is 19.9. The molecule has 0 aromatic carbocycles. The molecule has 0 atom stereocenters. The van der Waals surface area contributed by atoms with Crippen molar-refractivity contribution in [3.8, 4) is 0 Å². The van der Waals surface area contributed by atoms with Gasteiger partial charge in [-0.25, -0.2) is 4.98 Å². The first kappa shape index (κ1) is 18.3. The third-order valence-corrected chi connectivity index (χ3v) is 5.80. The van der Waals surface area contributed by atoms with Crippen LogP contribution in [-0.4, -0.2) is 44.9 Å². The minimum Gasteiger partial charge on any atom is -0.506 e. The average Bonchev–Trinajstić information content (AvgIpc) is 3.30. The van der Waals surface area contributed by atoms with Crippen molar-refractivity contribution in [1.29, 1.82) is 0 Å². The normalized spacial score (nSPS) is 18.9. The van der Waals surface area contributed by atoms with Gasteiger partial charge < -0.3 is 15.0 Å². The molecule has 1 aliphatic heterocycles. The summed E-state index contributed by atoms with van der Waals surface area (Å²) < 4.78 is 2.27. The molecule has 7 nitrogen and oxygen atoms in total. The fourth-order valence-electron chi connectivity index (χ4n) is 4.33. The van der Waals surface area contributed by atoms with Crippen molar-refractivity contribution in [1.82, 2.24) is 19.9 Å². The third kappa shape index (κ3) is 2.87. The molecule has 0 radical (unpaired) electrons. The van der Waals surface area contributed by atoms with Crippen molar-refractivity contribution in [3.05, 3.63) is 54.2 Å². The molecule has 2 aromatic heterocycles. The first-order chi connectivity index (χ1) is 13.4. The number of rotatable bonds is 4. The monoisotopic (exact) mass is 379 g/mol. The first-order valence-corrected chi connectivity index (χ1v) is 9.56. The lowest BCUT2D eigenvalue weighted by molar-refractivity contribution is -0.114. The summed E-state index contributed by atoms with van der Waals surface area (Å²) in [5, 5.41) is 20.2. The maximum absolute atomic E-state index is 12.2. The summed E-state index contributed by atoms with van der Waals surface area (Å²) in [4.78, 5) is 16.8. The van der Waals surface area contributed by atoms with Gasteiger partial charge >= 0.3 is 0 Å². The molecule has 0 unspecified atom stereocenters. The summed E-state index contributed by atoms with van der Waals surface area (Å²) in [5.74, 6) is -0.396. The quantitative estimate of drug-likeness (QED) is 0.856. The highest BCUT2D eigenvalue weighted by molar-refractivity contribution is 6.46. The van der Waals surface area contributed by atoms with Gasteiger partial charge in [0.1, 0.15) is 11.4 Å². The Morgan fingerprint density at radius 3 is 2.86 bits per heavy atom. The molecule has 146 valence electrons. The van der Waals surface area contributed by atoms with E-state index in [1.54, 1.807) is 11.2 Å². The molecule has 0 spiro atoms. The molecule has 2 N–H and O–H groups in total. The van der Waals surface area contributed by atoms with Crippen molar-refractivity contribution in [3.63, 3.8) is 0 Å². The number of aliphatic hydroxyl groups excluding tert-OH is 1. The van der Waals surface area contributed by atoms with Crippen LogP contribution >= 0.6 is 0 Å². The number of aryl methyl sites for hydroxylation is 1. The fraction of sp³-hybridized carbons (Fsp3) is 0.381. The van der Waals surface area contributed by atoms with Crippen LogP contribution in [0.1, 0.15) is 31.2 Å². The van der Waals surface area contributed by atoms with Gasteiger partial charge in [-0.2, -0.15) is 5.10 Å². The van der Waals surface area contributed by atoms with E-state index in [0.717, 1.165) is 36.7 Å². The number of pyridine rings is 1. The molecule has 1 aliphatic carbocycles. The molecule has 0 saturated heterocycles. The molecular formula is C21H25N5O2. The van der Waals surface area contributed by atoms with Crippen molar-refractivity contribution in [2.75, 3.05) is 13.6 Å². The van der Waals surface area contributed by atoms with E-state index < -0.39 is 0 Å². The van der Waals surface area contributed by atoms with Crippen molar-refractivity contribution < 1.29 is 9.90 Å². The first-order valence-electron chi connectivity index (χ1n) is 9.56. The van der Waals surface area contributed by atoms with Crippen molar-refractivity contribution >= 4 is 22.7 Å². The summed E-state index contributed by atoms with van der Waals surface area (Å²) in [6.45, 7) is 6.42. The number of fused-ring (bicyclic) bond motifs is 1. The Labute approximate surface area is 164 Å². The van der Waals surface area contributed by atoms with Crippen LogP contribution in [0.5, 0.6) is 0 Å². The molecule has 2 aliphatic rings. The van der Waals surface area contributed by atoms with E-state index in [0.29, 0.717) is 6.54 Å². The fourth-order valence-corrected chi connectivity index (χ4v) is 4.33. The number of nitrogens with one attached hydrogen (secondary N) is 1. The molecule has 1 saturated carbocycles. The van der Waals surface area contributed by atoms with Crippen LogP contribution in [0, 0.1) is 6.92 Å².